The summed E-state index contributed by atoms with van der Waals surface area (Å²) in [5, 5.41) is 0. The molecule has 0 fully saturated rings. The van der Waals surface area contributed by atoms with Gasteiger partial charge in [0.1, 0.15) is 12.4 Å². The number of rotatable bonds is 0. The predicted octanol–water partition coefficient (Wildman–Crippen LogP) is 5.18. The van der Waals surface area contributed by atoms with Crippen LogP contribution in [0.3, 0.4) is 0 Å². The normalized spacial score (nSPS) is 13.3. The second kappa shape index (κ2) is 4.25. The molecule has 1 aliphatic heterocycles. The molecule has 6 heteroatoms. The third kappa shape index (κ3) is 1.87. The van der Waals surface area contributed by atoms with Crippen LogP contribution in [0, 0.1) is 9.34 Å². The topological polar surface area (TPSA) is 9.23 Å². The Morgan fingerprint density at radius 2 is 1.93 bits per heavy atom. The van der Waals surface area contributed by atoms with Gasteiger partial charge in [0.05, 0.1) is 15.5 Å². The number of halogens is 3. The number of hydrogen-bond acceptors (Lipinski definition) is 3. The molecule has 78 valence electrons. The number of fused-ring (bicyclic) bond motifs is 3. The molecular weight excluding hydrogens is 569 g/mol. The molecule has 0 atom stereocenters. The van der Waals surface area contributed by atoms with Crippen LogP contribution in [0.4, 0.5) is 0 Å². The van der Waals surface area contributed by atoms with E-state index in [9.17, 15) is 0 Å². The molecule has 0 unspecified atom stereocenters. The minimum Gasteiger partial charge on any atom is -0.487 e. The van der Waals surface area contributed by atoms with Gasteiger partial charge in [-0.25, -0.2) is 0 Å². The van der Waals surface area contributed by atoms with Gasteiger partial charge in [0.2, 0.25) is 0 Å². The van der Waals surface area contributed by atoms with Gasteiger partial charge in [0.25, 0.3) is 0 Å². The zero-order valence-electron chi connectivity index (χ0n) is 7.14. The van der Waals surface area contributed by atoms with Crippen molar-refractivity contribution >= 4 is 90.4 Å². The van der Waals surface area contributed by atoms with E-state index in [1.54, 1.807) is 0 Å². The summed E-state index contributed by atoms with van der Waals surface area (Å²) in [5.74, 6) is 1.06. The molecule has 15 heavy (non-hydrogen) atoms. The van der Waals surface area contributed by atoms with E-state index in [-0.39, 0.29) is 0 Å². The van der Waals surface area contributed by atoms with Gasteiger partial charge in [-0.1, -0.05) is 0 Å². The Hall–Kier alpha value is 1.39. The highest BCUT2D eigenvalue weighted by molar-refractivity contribution is 14.1. The summed E-state index contributed by atoms with van der Waals surface area (Å²) in [5.41, 5.74) is 1.37. The SMILES string of the molecule is Ic1cc2c(s1)-c1sc(I)c(I)c1CO2. The van der Waals surface area contributed by atoms with E-state index in [2.05, 4.69) is 73.8 Å². The molecule has 1 nitrogen and oxygen atoms in total. The van der Waals surface area contributed by atoms with E-state index in [0.29, 0.717) is 0 Å². The lowest BCUT2D eigenvalue weighted by molar-refractivity contribution is 0.303. The summed E-state index contributed by atoms with van der Waals surface area (Å²) in [7, 11) is 0. The lowest BCUT2D eigenvalue weighted by atomic mass is 10.2. The van der Waals surface area contributed by atoms with Gasteiger partial charge < -0.3 is 4.74 Å². The van der Waals surface area contributed by atoms with Crippen LogP contribution in [-0.2, 0) is 6.61 Å². The minimum atomic E-state index is 0.729. The maximum atomic E-state index is 5.77. The first-order chi connectivity index (χ1) is 7.16. The fraction of sp³-hybridized carbons (Fsp3) is 0.111. The number of hydrogen-bond donors (Lipinski definition) is 0. The molecule has 0 bridgehead atoms. The molecule has 2 aromatic rings. The van der Waals surface area contributed by atoms with E-state index in [1.165, 1.54) is 24.7 Å². The van der Waals surface area contributed by atoms with Crippen molar-refractivity contribution in [1.82, 2.24) is 0 Å². The summed E-state index contributed by atoms with van der Waals surface area (Å²) in [6.07, 6.45) is 0. The fourth-order valence-corrected chi connectivity index (χ4v) is 6.27. The third-order valence-electron chi connectivity index (χ3n) is 2.15. The zero-order chi connectivity index (χ0) is 10.6. The monoisotopic (exact) mass is 572 g/mol. The minimum absolute atomic E-state index is 0.729. The Morgan fingerprint density at radius 1 is 1.13 bits per heavy atom. The first-order valence-electron chi connectivity index (χ1n) is 4.06. The maximum absolute atomic E-state index is 5.77. The molecule has 0 amide bonds. The molecule has 1 aliphatic rings. The van der Waals surface area contributed by atoms with Crippen LogP contribution in [0.25, 0.3) is 9.75 Å². The maximum Gasteiger partial charge on any atom is 0.140 e. The lowest BCUT2D eigenvalue weighted by Crippen LogP contribution is -2.01. The van der Waals surface area contributed by atoms with Crippen LogP contribution in [0.15, 0.2) is 6.07 Å². The predicted molar refractivity (Wildman–Crippen MR) is 90.1 cm³/mol. The Kier molecular flexibility index (Phi) is 3.25. The molecule has 0 aliphatic carbocycles. The van der Waals surface area contributed by atoms with Gasteiger partial charge in [-0.05, 0) is 67.8 Å². The molecule has 2 aromatic heterocycles. The van der Waals surface area contributed by atoms with Crippen molar-refractivity contribution in [3.8, 4) is 15.5 Å². The molecule has 0 N–H and O–H groups in total. The molecule has 3 rings (SSSR count). The average Bonchev–Trinajstić information content (AvgIpc) is 2.69. The van der Waals surface area contributed by atoms with Crippen molar-refractivity contribution in [2.24, 2.45) is 0 Å². The fourth-order valence-electron chi connectivity index (χ4n) is 1.49. The van der Waals surface area contributed by atoms with Gasteiger partial charge in [0, 0.05) is 15.2 Å². The molecule has 0 radical (unpaired) electrons. The standard InChI is InChI=1S/C9H3I3OS2/c10-5-1-4-8(14-5)7-3(2-13-4)6(11)9(12)15-7/h1H,2H2. The first kappa shape index (κ1) is 11.5. The highest BCUT2D eigenvalue weighted by atomic mass is 127. The Balaban J connectivity index is 2.29. The number of thiophene rings is 2. The van der Waals surface area contributed by atoms with E-state index >= 15 is 0 Å². The van der Waals surface area contributed by atoms with E-state index < -0.39 is 0 Å². The summed E-state index contributed by atoms with van der Waals surface area (Å²) in [6, 6.07) is 2.13. The van der Waals surface area contributed by atoms with Crippen molar-refractivity contribution in [3.05, 3.63) is 21.0 Å². The highest BCUT2D eigenvalue weighted by Gasteiger charge is 2.25. The van der Waals surface area contributed by atoms with Crippen LogP contribution >= 0.6 is 90.4 Å². The van der Waals surface area contributed by atoms with Crippen LogP contribution in [0.5, 0.6) is 5.75 Å². The second-order valence-corrected chi connectivity index (χ2v) is 9.89. The van der Waals surface area contributed by atoms with Crippen LogP contribution < -0.4 is 4.74 Å². The van der Waals surface area contributed by atoms with Gasteiger partial charge in [-0.2, -0.15) is 0 Å². The summed E-state index contributed by atoms with van der Waals surface area (Å²) < 4.78 is 9.80. The smallest absolute Gasteiger partial charge is 0.140 e. The zero-order valence-corrected chi connectivity index (χ0v) is 15.2. The molecule has 0 aromatic carbocycles. The van der Waals surface area contributed by atoms with Crippen molar-refractivity contribution in [1.29, 1.82) is 0 Å². The Morgan fingerprint density at radius 3 is 2.73 bits per heavy atom. The van der Waals surface area contributed by atoms with E-state index in [1.807, 2.05) is 22.7 Å². The lowest BCUT2D eigenvalue weighted by Gasteiger charge is -2.13. The average molecular weight is 572 g/mol. The summed E-state index contributed by atoms with van der Waals surface area (Å²) in [6.45, 7) is 0.729. The van der Waals surface area contributed by atoms with Gasteiger partial charge >= 0.3 is 0 Å². The number of ether oxygens (including phenoxy) is 1. The van der Waals surface area contributed by atoms with Crippen molar-refractivity contribution in [3.63, 3.8) is 0 Å². The Labute approximate surface area is 136 Å². The largest absolute Gasteiger partial charge is 0.487 e. The van der Waals surface area contributed by atoms with Crippen LogP contribution in [-0.4, -0.2) is 0 Å². The molecule has 3 heterocycles. The van der Waals surface area contributed by atoms with Crippen molar-refractivity contribution < 1.29 is 4.74 Å². The summed E-state index contributed by atoms with van der Waals surface area (Å²) in [4.78, 5) is 2.73. The first-order valence-corrected chi connectivity index (χ1v) is 8.93. The summed E-state index contributed by atoms with van der Waals surface area (Å²) >= 11 is 10.9. The van der Waals surface area contributed by atoms with Crippen LogP contribution in [0.2, 0.25) is 0 Å². The van der Waals surface area contributed by atoms with Crippen molar-refractivity contribution in [2.75, 3.05) is 0 Å². The van der Waals surface area contributed by atoms with E-state index in [4.69, 9.17) is 4.74 Å². The highest BCUT2D eigenvalue weighted by Crippen LogP contribution is 2.49. The third-order valence-corrected chi connectivity index (χ3v) is 9.00. The van der Waals surface area contributed by atoms with Crippen molar-refractivity contribution in [2.45, 2.75) is 6.61 Å². The quantitative estimate of drug-likeness (QED) is 0.396. The van der Waals surface area contributed by atoms with Gasteiger partial charge in [-0.15, -0.1) is 22.7 Å². The molecular formula is C9H3I3OS2. The van der Waals surface area contributed by atoms with Gasteiger partial charge in [-0.3, -0.25) is 0 Å². The molecule has 0 saturated carbocycles. The molecule has 0 saturated heterocycles. The van der Waals surface area contributed by atoms with Crippen LogP contribution in [0.1, 0.15) is 5.56 Å². The van der Waals surface area contributed by atoms with Gasteiger partial charge in [0.15, 0.2) is 0 Å². The molecule has 0 spiro atoms. The Bertz CT molecular complexity index is 544. The van der Waals surface area contributed by atoms with E-state index in [0.717, 1.165) is 12.4 Å². The second-order valence-electron chi connectivity index (χ2n) is 3.03.